The van der Waals surface area contributed by atoms with Gasteiger partial charge in [0, 0.05) is 12.5 Å². The Morgan fingerprint density at radius 2 is 2.25 bits per heavy atom. The molecule has 5 nitrogen and oxygen atoms in total. The molecule has 0 aliphatic heterocycles. The molecule has 1 N–H and O–H groups in total. The minimum atomic E-state index is -0.497. The Morgan fingerprint density at radius 3 is 2.75 bits per heavy atom. The van der Waals surface area contributed by atoms with Crippen molar-refractivity contribution >= 4 is 23.8 Å². The van der Waals surface area contributed by atoms with Gasteiger partial charge in [-0.2, -0.15) is 0 Å². The van der Waals surface area contributed by atoms with Gasteiger partial charge in [0.15, 0.2) is 11.5 Å². The molecular formula is C10H10ClNO4. The standard InChI is InChI=1S/C10H10ClNO4/c1-6(13)16-10-8(11)3-7(5-12-14)4-9(10)15-2/h3-5,14H,1-2H3/b12-5-. The van der Waals surface area contributed by atoms with Crippen LogP contribution in [0.15, 0.2) is 17.3 Å². The number of nitrogens with zero attached hydrogens (tertiary/aromatic N) is 1. The molecule has 1 aromatic carbocycles. The Labute approximate surface area is 97.2 Å². The van der Waals surface area contributed by atoms with Crippen LogP contribution in [0.4, 0.5) is 0 Å². The van der Waals surface area contributed by atoms with Crippen molar-refractivity contribution in [1.29, 1.82) is 0 Å². The molecule has 0 unspecified atom stereocenters. The Morgan fingerprint density at radius 1 is 1.56 bits per heavy atom. The highest BCUT2D eigenvalue weighted by atomic mass is 35.5. The number of ether oxygens (including phenoxy) is 2. The first-order valence-electron chi connectivity index (χ1n) is 4.32. The Balaban J connectivity index is 3.22. The molecular weight excluding hydrogens is 234 g/mol. The highest BCUT2D eigenvalue weighted by Gasteiger charge is 2.13. The third-order valence-electron chi connectivity index (χ3n) is 1.70. The summed E-state index contributed by atoms with van der Waals surface area (Å²) in [6, 6.07) is 3.02. The summed E-state index contributed by atoms with van der Waals surface area (Å²) in [5, 5.41) is 11.5. The average molecular weight is 244 g/mol. The first-order valence-corrected chi connectivity index (χ1v) is 4.69. The second-order valence-electron chi connectivity index (χ2n) is 2.87. The third-order valence-corrected chi connectivity index (χ3v) is 1.99. The number of hydrogen-bond donors (Lipinski definition) is 1. The summed E-state index contributed by atoms with van der Waals surface area (Å²) in [6.07, 6.45) is 1.19. The lowest BCUT2D eigenvalue weighted by Gasteiger charge is -2.10. The summed E-state index contributed by atoms with van der Waals surface area (Å²) in [5.41, 5.74) is 0.528. The smallest absolute Gasteiger partial charge is 0.308 e. The van der Waals surface area contributed by atoms with Gasteiger partial charge in [-0.3, -0.25) is 4.79 Å². The normalized spacial score (nSPS) is 10.4. The number of oxime groups is 1. The maximum Gasteiger partial charge on any atom is 0.308 e. The quantitative estimate of drug-likeness (QED) is 0.290. The summed E-state index contributed by atoms with van der Waals surface area (Å²) < 4.78 is 9.91. The fourth-order valence-electron chi connectivity index (χ4n) is 1.12. The number of rotatable bonds is 3. The van der Waals surface area contributed by atoms with Crippen molar-refractivity contribution in [1.82, 2.24) is 0 Å². The van der Waals surface area contributed by atoms with E-state index in [0.29, 0.717) is 5.56 Å². The molecule has 0 aromatic heterocycles. The maximum atomic E-state index is 10.8. The van der Waals surface area contributed by atoms with E-state index >= 15 is 0 Å². The van der Waals surface area contributed by atoms with Gasteiger partial charge in [0.1, 0.15) is 0 Å². The largest absolute Gasteiger partial charge is 0.493 e. The maximum absolute atomic E-state index is 10.8. The summed E-state index contributed by atoms with van der Waals surface area (Å²) >= 11 is 5.89. The topological polar surface area (TPSA) is 68.1 Å². The molecule has 0 atom stereocenters. The van der Waals surface area contributed by atoms with E-state index in [1.54, 1.807) is 0 Å². The van der Waals surface area contributed by atoms with Gasteiger partial charge in [-0.05, 0) is 12.1 Å². The molecule has 1 rings (SSSR count). The van der Waals surface area contributed by atoms with E-state index in [-0.39, 0.29) is 16.5 Å². The highest BCUT2D eigenvalue weighted by molar-refractivity contribution is 6.32. The zero-order valence-corrected chi connectivity index (χ0v) is 9.49. The second-order valence-corrected chi connectivity index (χ2v) is 3.28. The third kappa shape index (κ3) is 2.87. The molecule has 1 aromatic rings. The van der Waals surface area contributed by atoms with Crippen molar-refractivity contribution < 1.29 is 19.5 Å². The van der Waals surface area contributed by atoms with Gasteiger partial charge >= 0.3 is 5.97 Å². The van der Waals surface area contributed by atoms with Crippen LogP contribution >= 0.6 is 11.6 Å². The van der Waals surface area contributed by atoms with Gasteiger partial charge in [-0.25, -0.2) is 0 Å². The van der Waals surface area contributed by atoms with Gasteiger partial charge in [-0.1, -0.05) is 16.8 Å². The molecule has 0 spiro atoms. The second kappa shape index (κ2) is 5.37. The van der Waals surface area contributed by atoms with E-state index in [9.17, 15) is 4.79 Å². The minimum Gasteiger partial charge on any atom is -0.493 e. The highest BCUT2D eigenvalue weighted by Crippen LogP contribution is 2.36. The zero-order chi connectivity index (χ0) is 12.1. The van der Waals surface area contributed by atoms with Gasteiger partial charge < -0.3 is 14.7 Å². The molecule has 0 radical (unpaired) electrons. The van der Waals surface area contributed by atoms with Crippen molar-refractivity contribution in [3.8, 4) is 11.5 Å². The summed E-state index contributed by atoms with van der Waals surface area (Å²) in [4.78, 5) is 10.8. The van der Waals surface area contributed by atoms with Crippen molar-refractivity contribution in [3.63, 3.8) is 0 Å². The van der Waals surface area contributed by atoms with Crippen LogP contribution in [-0.2, 0) is 4.79 Å². The van der Waals surface area contributed by atoms with Crippen LogP contribution in [0.25, 0.3) is 0 Å². The molecule has 0 saturated heterocycles. The lowest BCUT2D eigenvalue weighted by molar-refractivity contribution is -0.132. The van der Waals surface area contributed by atoms with Crippen LogP contribution in [0.1, 0.15) is 12.5 Å². The number of carbonyl (C=O) groups is 1. The van der Waals surface area contributed by atoms with Gasteiger partial charge in [0.25, 0.3) is 0 Å². The molecule has 0 bridgehead atoms. The number of esters is 1. The number of methoxy groups -OCH3 is 1. The molecule has 0 fully saturated rings. The van der Waals surface area contributed by atoms with Crippen LogP contribution in [-0.4, -0.2) is 24.5 Å². The van der Waals surface area contributed by atoms with Crippen LogP contribution in [0.3, 0.4) is 0 Å². The van der Waals surface area contributed by atoms with E-state index in [2.05, 4.69) is 5.16 Å². The molecule has 16 heavy (non-hydrogen) atoms. The lowest BCUT2D eigenvalue weighted by Crippen LogP contribution is -2.04. The van der Waals surface area contributed by atoms with E-state index in [1.807, 2.05) is 0 Å². The van der Waals surface area contributed by atoms with Crippen LogP contribution in [0.5, 0.6) is 11.5 Å². The van der Waals surface area contributed by atoms with Crippen molar-refractivity contribution in [3.05, 3.63) is 22.7 Å². The summed E-state index contributed by atoms with van der Waals surface area (Å²) in [6.45, 7) is 1.26. The van der Waals surface area contributed by atoms with Gasteiger partial charge in [0.05, 0.1) is 18.3 Å². The number of hydrogen-bond acceptors (Lipinski definition) is 5. The number of carbonyl (C=O) groups excluding carboxylic acids is 1. The zero-order valence-electron chi connectivity index (χ0n) is 8.73. The predicted molar refractivity (Wildman–Crippen MR) is 58.7 cm³/mol. The molecule has 86 valence electrons. The fraction of sp³-hybridized carbons (Fsp3) is 0.200. The predicted octanol–water partition coefficient (Wildman–Crippen LogP) is 2.08. The number of halogens is 1. The summed E-state index contributed by atoms with van der Waals surface area (Å²) in [5.74, 6) is -0.0619. The Hall–Kier alpha value is -1.75. The van der Waals surface area contributed by atoms with Crippen molar-refractivity contribution in [2.75, 3.05) is 7.11 Å². The van der Waals surface area contributed by atoms with Crippen LogP contribution in [0, 0.1) is 0 Å². The average Bonchev–Trinajstić information content (AvgIpc) is 2.21. The lowest BCUT2D eigenvalue weighted by atomic mass is 10.2. The minimum absolute atomic E-state index is 0.145. The van der Waals surface area contributed by atoms with Crippen LogP contribution < -0.4 is 9.47 Å². The first-order chi connectivity index (χ1) is 7.58. The van der Waals surface area contributed by atoms with E-state index in [4.69, 9.17) is 26.3 Å². The monoisotopic (exact) mass is 243 g/mol. The SMILES string of the molecule is COc1cc(/C=N\O)cc(Cl)c1OC(C)=O. The first kappa shape index (κ1) is 12.3. The van der Waals surface area contributed by atoms with E-state index < -0.39 is 5.97 Å². The molecule has 0 amide bonds. The molecule has 6 heteroatoms. The molecule has 0 aliphatic carbocycles. The van der Waals surface area contributed by atoms with Crippen LogP contribution in [0.2, 0.25) is 5.02 Å². The molecule has 0 saturated carbocycles. The van der Waals surface area contributed by atoms with E-state index in [0.717, 1.165) is 0 Å². The molecule has 0 heterocycles. The fourth-order valence-corrected chi connectivity index (χ4v) is 1.38. The van der Waals surface area contributed by atoms with Crippen molar-refractivity contribution in [2.24, 2.45) is 5.16 Å². The Bertz CT molecular complexity index is 431. The molecule has 0 aliphatic rings. The van der Waals surface area contributed by atoms with E-state index in [1.165, 1.54) is 32.4 Å². The number of benzene rings is 1. The van der Waals surface area contributed by atoms with Gasteiger partial charge in [0.2, 0.25) is 0 Å². The van der Waals surface area contributed by atoms with Gasteiger partial charge in [-0.15, -0.1) is 0 Å². The Kier molecular flexibility index (Phi) is 4.13. The van der Waals surface area contributed by atoms with Crippen molar-refractivity contribution in [2.45, 2.75) is 6.92 Å². The summed E-state index contributed by atoms with van der Waals surface area (Å²) in [7, 11) is 1.42.